The molecule has 1 aliphatic rings. The Morgan fingerprint density at radius 2 is 2.00 bits per heavy atom. The van der Waals surface area contributed by atoms with Crippen LogP contribution in [0.2, 0.25) is 0 Å². The Hall–Kier alpha value is -0.860. The molecule has 0 saturated carbocycles. The molecule has 2 N–H and O–H groups in total. The number of nitrogens with one attached hydrogen (secondary N) is 1. The van der Waals surface area contributed by atoms with Gasteiger partial charge in [-0.05, 0) is 37.8 Å². The smallest absolute Gasteiger partial charge is 0.0696 e. The molecule has 2 nitrogen and oxygen atoms in total. The molecule has 0 aliphatic carbocycles. The molecule has 0 bridgehead atoms. The van der Waals surface area contributed by atoms with Crippen molar-refractivity contribution >= 4 is 0 Å². The molecule has 0 amide bonds. The van der Waals surface area contributed by atoms with E-state index in [2.05, 4.69) is 29.6 Å². The van der Waals surface area contributed by atoms with Crippen LogP contribution in [0.15, 0.2) is 30.3 Å². The van der Waals surface area contributed by atoms with Gasteiger partial charge in [0.05, 0.1) is 6.10 Å². The lowest BCUT2D eigenvalue weighted by molar-refractivity contribution is 0.116. The maximum Gasteiger partial charge on any atom is 0.0696 e. The Morgan fingerprint density at radius 1 is 1.18 bits per heavy atom. The van der Waals surface area contributed by atoms with Crippen molar-refractivity contribution in [2.45, 2.75) is 50.7 Å². The van der Waals surface area contributed by atoms with Crippen molar-refractivity contribution in [1.29, 1.82) is 0 Å². The second-order valence-corrected chi connectivity index (χ2v) is 5.00. The van der Waals surface area contributed by atoms with Crippen LogP contribution in [0.25, 0.3) is 0 Å². The summed E-state index contributed by atoms with van der Waals surface area (Å²) >= 11 is 0. The van der Waals surface area contributed by atoms with Crippen LogP contribution in [0.3, 0.4) is 0 Å². The molecule has 0 spiro atoms. The largest absolute Gasteiger partial charge is 0.391 e. The first-order valence-corrected chi connectivity index (χ1v) is 6.81. The molecule has 94 valence electrons. The second kappa shape index (κ2) is 6.77. The normalized spacial score (nSPS) is 23.0. The predicted molar refractivity (Wildman–Crippen MR) is 71.0 cm³/mol. The molecule has 1 aliphatic heterocycles. The summed E-state index contributed by atoms with van der Waals surface area (Å²) in [7, 11) is 0. The van der Waals surface area contributed by atoms with E-state index in [0.29, 0.717) is 6.04 Å². The molecule has 2 heteroatoms. The van der Waals surface area contributed by atoms with E-state index in [9.17, 15) is 5.11 Å². The molecular weight excluding hydrogens is 210 g/mol. The number of aliphatic hydroxyl groups is 1. The third-order valence-corrected chi connectivity index (χ3v) is 3.63. The van der Waals surface area contributed by atoms with Crippen LogP contribution in [0.1, 0.15) is 37.7 Å². The van der Waals surface area contributed by atoms with Gasteiger partial charge in [0.1, 0.15) is 0 Å². The van der Waals surface area contributed by atoms with E-state index >= 15 is 0 Å². The van der Waals surface area contributed by atoms with Crippen LogP contribution in [0.5, 0.6) is 0 Å². The highest BCUT2D eigenvalue weighted by Crippen LogP contribution is 2.15. The molecule has 1 aromatic carbocycles. The minimum Gasteiger partial charge on any atom is -0.391 e. The van der Waals surface area contributed by atoms with E-state index in [1.165, 1.54) is 24.8 Å². The van der Waals surface area contributed by atoms with Gasteiger partial charge in [0.2, 0.25) is 0 Å². The molecule has 0 radical (unpaired) electrons. The standard InChI is InChI=1S/C15H23NO/c17-15(14-9-5-2-6-12-16-14)11-10-13-7-3-1-4-8-13/h1,3-4,7-8,14-17H,2,5-6,9-12H2. The van der Waals surface area contributed by atoms with Crippen molar-refractivity contribution in [3.63, 3.8) is 0 Å². The fourth-order valence-electron chi connectivity index (χ4n) is 2.54. The third kappa shape index (κ3) is 4.14. The van der Waals surface area contributed by atoms with Gasteiger partial charge in [-0.25, -0.2) is 0 Å². The zero-order chi connectivity index (χ0) is 11.9. The Balaban J connectivity index is 1.78. The predicted octanol–water partition coefficient (Wildman–Crippen LogP) is 2.51. The van der Waals surface area contributed by atoms with Crippen molar-refractivity contribution < 1.29 is 5.11 Å². The van der Waals surface area contributed by atoms with Crippen LogP contribution < -0.4 is 5.32 Å². The Labute approximate surface area is 104 Å². The zero-order valence-electron chi connectivity index (χ0n) is 10.4. The average molecular weight is 233 g/mol. The van der Waals surface area contributed by atoms with Gasteiger partial charge in [-0.15, -0.1) is 0 Å². The first-order valence-electron chi connectivity index (χ1n) is 6.81. The van der Waals surface area contributed by atoms with Crippen molar-refractivity contribution in [2.24, 2.45) is 0 Å². The fourth-order valence-corrected chi connectivity index (χ4v) is 2.54. The highest BCUT2D eigenvalue weighted by Gasteiger charge is 2.19. The summed E-state index contributed by atoms with van der Waals surface area (Å²) in [4.78, 5) is 0. The lowest BCUT2D eigenvalue weighted by Crippen LogP contribution is -2.39. The lowest BCUT2D eigenvalue weighted by Gasteiger charge is -2.22. The minimum absolute atomic E-state index is 0.201. The summed E-state index contributed by atoms with van der Waals surface area (Å²) in [5.41, 5.74) is 1.32. The van der Waals surface area contributed by atoms with Gasteiger partial charge >= 0.3 is 0 Å². The minimum atomic E-state index is -0.201. The van der Waals surface area contributed by atoms with Crippen LogP contribution in [-0.2, 0) is 6.42 Å². The van der Waals surface area contributed by atoms with E-state index in [4.69, 9.17) is 0 Å². The molecule has 2 rings (SSSR count). The van der Waals surface area contributed by atoms with Crippen LogP contribution >= 0.6 is 0 Å². The van der Waals surface area contributed by atoms with E-state index < -0.39 is 0 Å². The summed E-state index contributed by atoms with van der Waals surface area (Å²) in [6, 6.07) is 10.7. The van der Waals surface area contributed by atoms with Gasteiger partial charge in [-0.1, -0.05) is 43.2 Å². The summed E-state index contributed by atoms with van der Waals surface area (Å²) in [5.74, 6) is 0. The molecule has 17 heavy (non-hydrogen) atoms. The van der Waals surface area contributed by atoms with Gasteiger partial charge < -0.3 is 10.4 Å². The Morgan fingerprint density at radius 3 is 2.82 bits per heavy atom. The van der Waals surface area contributed by atoms with E-state index in [-0.39, 0.29) is 6.10 Å². The topological polar surface area (TPSA) is 32.3 Å². The molecule has 1 fully saturated rings. The summed E-state index contributed by atoms with van der Waals surface area (Å²) in [6.07, 6.45) is 6.56. The lowest BCUT2D eigenvalue weighted by atomic mass is 9.99. The molecule has 1 saturated heterocycles. The highest BCUT2D eigenvalue weighted by atomic mass is 16.3. The number of rotatable bonds is 4. The first-order chi connectivity index (χ1) is 8.36. The van der Waals surface area contributed by atoms with E-state index in [1.807, 2.05) is 6.07 Å². The summed E-state index contributed by atoms with van der Waals surface area (Å²) in [6.45, 7) is 1.06. The molecule has 2 unspecified atom stereocenters. The zero-order valence-corrected chi connectivity index (χ0v) is 10.4. The molecule has 2 atom stereocenters. The Bertz CT molecular complexity index is 304. The van der Waals surface area contributed by atoms with Gasteiger partial charge in [0.25, 0.3) is 0 Å². The van der Waals surface area contributed by atoms with Gasteiger partial charge in [-0.3, -0.25) is 0 Å². The second-order valence-electron chi connectivity index (χ2n) is 5.00. The van der Waals surface area contributed by atoms with Crippen LogP contribution in [0, 0.1) is 0 Å². The quantitative estimate of drug-likeness (QED) is 0.837. The Kier molecular flexibility index (Phi) is 5.02. The highest BCUT2D eigenvalue weighted by molar-refractivity contribution is 5.14. The molecule has 1 heterocycles. The number of aryl methyl sites for hydroxylation is 1. The summed E-state index contributed by atoms with van der Waals surface area (Å²) in [5, 5.41) is 13.7. The molecule has 1 aromatic rings. The molecular formula is C15H23NO. The number of hydrogen-bond acceptors (Lipinski definition) is 2. The maximum absolute atomic E-state index is 10.2. The number of aliphatic hydroxyl groups excluding tert-OH is 1. The van der Waals surface area contributed by atoms with Gasteiger partial charge in [-0.2, -0.15) is 0 Å². The SMILES string of the molecule is OC(CCc1ccccc1)C1CCCCCN1. The molecule has 0 aromatic heterocycles. The van der Waals surface area contributed by atoms with Gasteiger partial charge in [0.15, 0.2) is 0 Å². The third-order valence-electron chi connectivity index (χ3n) is 3.63. The van der Waals surface area contributed by atoms with Crippen molar-refractivity contribution in [3.8, 4) is 0 Å². The van der Waals surface area contributed by atoms with Crippen LogP contribution in [0.4, 0.5) is 0 Å². The van der Waals surface area contributed by atoms with Gasteiger partial charge in [0, 0.05) is 6.04 Å². The first kappa shape index (κ1) is 12.6. The van der Waals surface area contributed by atoms with E-state index in [1.54, 1.807) is 0 Å². The number of hydrogen-bond donors (Lipinski definition) is 2. The van der Waals surface area contributed by atoms with Crippen molar-refractivity contribution in [1.82, 2.24) is 5.32 Å². The van der Waals surface area contributed by atoms with Crippen LogP contribution in [-0.4, -0.2) is 23.8 Å². The average Bonchev–Trinajstić information content (AvgIpc) is 2.66. The summed E-state index contributed by atoms with van der Waals surface area (Å²) < 4.78 is 0. The monoisotopic (exact) mass is 233 g/mol. The number of benzene rings is 1. The van der Waals surface area contributed by atoms with Crippen molar-refractivity contribution in [3.05, 3.63) is 35.9 Å². The van der Waals surface area contributed by atoms with E-state index in [0.717, 1.165) is 25.8 Å². The fraction of sp³-hybridized carbons (Fsp3) is 0.600. The van der Waals surface area contributed by atoms with Crippen molar-refractivity contribution in [2.75, 3.05) is 6.54 Å². The maximum atomic E-state index is 10.2.